The number of hydrogen-bond acceptors (Lipinski definition) is 6. The molecule has 0 saturated carbocycles. The van der Waals surface area contributed by atoms with E-state index in [0.717, 1.165) is 18.5 Å². The summed E-state index contributed by atoms with van der Waals surface area (Å²) in [7, 11) is 2.19. The van der Waals surface area contributed by atoms with Gasteiger partial charge in [-0.25, -0.2) is 14.4 Å². The number of ether oxygens (including phenoxy) is 1. The smallest absolute Gasteiger partial charge is 0.414 e. The highest BCUT2D eigenvalue weighted by Gasteiger charge is 2.40. The van der Waals surface area contributed by atoms with E-state index in [1.807, 2.05) is 19.1 Å². The van der Waals surface area contributed by atoms with Gasteiger partial charge in [-0.05, 0) is 63.9 Å². The van der Waals surface area contributed by atoms with Crippen molar-refractivity contribution in [1.29, 1.82) is 0 Å². The van der Waals surface area contributed by atoms with Crippen LogP contribution in [0.5, 0.6) is 0 Å². The van der Waals surface area contributed by atoms with Crippen molar-refractivity contribution in [1.82, 2.24) is 4.90 Å². The van der Waals surface area contributed by atoms with Crippen LogP contribution < -0.4 is 5.32 Å². The van der Waals surface area contributed by atoms with Gasteiger partial charge in [0, 0.05) is 22.8 Å². The van der Waals surface area contributed by atoms with Gasteiger partial charge in [0.1, 0.15) is 12.1 Å². The number of hydrogen-bond donors (Lipinski definition) is 3. The van der Waals surface area contributed by atoms with Crippen LogP contribution in [0.25, 0.3) is 0 Å². The van der Waals surface area contributed by atoms with Gasteiger partial charge in [0.25, 0.3) is 0 Å². The number of nitrogens with one attached hydrogen (secondary N) is 1. The molecule has 2 aliphatic heterocycles. The maximum absolute atomic E-state index is 12.3. The number of aliphatic carboxylic acids is 2. The zero-order chi connectivity index (χ0) is 20.8. The normalized spacial score (nSPS) is 24.5. The topological polar surface area (TPSA) is 116 Å². The van der Waals surface area contributed by atoms with E-state index in [4.69, 9.17) is 36.1 Å². The van der Waals surface area contributed by atoms with E-state index in [-0.39, 0.29) is 18.1 Å². The molecule has 9 heteroatoms. The number of piperidine rings is 1. The molecule has 0 aliphatic carbocycles. The van der Waals surface area contributed by atoms with Gasteiger partial charge in [0.15, 0.2) is 0 Å². The van der Waals surface area contributed by atoms with E-state index in [1.165, 1.54) is 12.8 Å². The van der Waals surface area contributed by atoms with Gasteiger partial charge in [-0.1, -0.05) is 11.6 Å². The van der Waals surface area contributed by atoms with Crippen LogP contribution in [0, 0.1) is 0 Å². The van der Waals surface area contributed by atoms with Gasteiger partial charge < -0.3 is 25.2 Å². The molecule has 2 saturated heterocycles. The Labute approximate surface area is 168 Å². The molecule has 1 aromatic carbocycles. The van der Waals surface area contributed by atoms with Gasteiger partial charge in [0.05, 0.1) is 0 Å². The molecule has 2 heterocycles. The molecule has 2 bridgehead atoms. The molecule has 3 unspecified atom stereocenters. The Morgan fingerprint density at radius 1 is 1.11 bits per heavy atom. The SMILES string of the molecule is CC(Nc1ccc(Cl)cc1)C(=O)OC1CC2CCC(C1)N2C.O=C(O)C(=O)O. The predicted molar refractivity (Wildman–Crippen MR) is 103 cm³/mol. The number of nitrogens with zero attached hydrogens (tertiary/aromatic N) is 1. The van der Waals surface area contributed by atoms with Crippen LogP contribution in [-0.4, -0.2) is 64.3 Å². The van der Waals surface area contributed by atoms with Crippen molar-refractivity contribution in [2.75, 3.05) is 12.4 Å². The number of esters is 1. The Balaban J connectivity index is 0.000000409. The monoisotopic (exact) mass is 412 g/mol. The molecule has 1 aromatic rings. The average Bonchev–Trinajstić information content (AvgIpc) is 2.85. The Morgan fingerprint density at radius 3 is 2.07 bits per heavy atom. The first-order valence-electron chi connectivity index (χ1n) is 9.08. The Kier molecular flexibility index (Phi) is 7.65. The largest absolute Gasteiger partial charge is 0.473 e. The average molecular weight is 413 g/mol. The van der Waals surface area contributed by atoms with Crippen LogP contribution in [0.3, 0.4) is 0 Å². The highest BCUT2D eigenvalue weighted by molar-refractivity contribution is 6.30. The van der Waals surface area contributed by atoms with E-state index in [0.29, 0.717) is 17.1 Å². The van der Waals surface area contributed by atoms with Crippen LogP contribution in [0.4, 0.5) is 5.69 Å². The molecule has 28 heavy (non-hydrogen) atoms. The fraction of sp³-hybridized carbons (Fsp3) is 0.526. The van der Waals surface area contributed by atoms with E-state index < -0.39 is 11.9 Å². The van der Waals surface area contributed by atoms with Crippen molar-refractivity contribution in [2.24, 2.45) is 0 Å². The van der Waals surface area contributed by atoms with Crippen molar-refractivity contribution < 1.29 is 29.3 Å². The van der Waals surface area contributed by atoms with E-state index in [2.05, 4.69) is 17.3 Å². The maximum atomic E-state index is 12.3. The lowest BCUT2D eigenvalue weighted by atomic mass is 10.0. The molecule has 3 atom stereocenters. The molecule has 8 nitrogen and oxygen atoms in total. The first kappa shape index (κ1) is 22.0. The van der Waals surface area contributed by atoms with Crippen molar-refractivity contribution in [3.63, 3.8) is 0 Å². The van der Waals surface area contributed by atoms with Crippen molar-refractivity contribution >= 4 is 35.2 Å². The third-order valence-corrected chi connectivity index (χ3v) is 5.35. The van der Waals surface area contributed by atoms with Gasteiger partial charge in [0.2, 0.25) is 0 Å². The standard InChI is InChI=1S/C17H23ClN2O2.C2H2O4/c1-11(19-13-5-3-12(18)4-6-13)17(21)22-16-9-14-7-8-15(10-16)20(14)2;3-1(4)2(5)6/h3-6,11,14-16,19H,7-10H2,1-2H3;(H,3,4)(H,5,6). The van der Waals surface area contributed by atoms with Gasteiger partial charge in [-0.2, -0.15) is 0 Å². The fourth-order valence-corrected chi connectivity index (χ4v) is 3.71. The summed E-state index contributed by atoms with van der Waals surface area (Å²) in [6, 6.07) is 8.13. The fourth-order valence-electron chi connectivity index (χ4n) is 3.58. The molecule has 3 N–H and O–H groups in total. The minimum absolute atomic E-state index is 0.0654. The summed E-state index contributed by atoms with van der Waals surface area (Å²) in [6.07, 6.45) is 4.45. The molecule has 2 fully saturated rings. The van der Waals surface area contributed by atoms with Crippen LogP contribution in [0.2, 0.25) is 5.02 Å². The minimum Gasteiger partial charge on any atom is -0.473 e. The van der Waals surface area contributed by atoms with Crippen LogP contribution in [0.15, 0.2) is 24.3 Å². The maximum Gasteiger partial charge on any atom is 0.414 e. The first-order chi connectivity index (χ1) is 13.2. The molecule has 154 valence electrons. The van der Waals surface area contributed by atoms with Crippen LogP contribution >= 0.6 is 11.6 Å². The molecule has 0 aromatic heterocycles. The molecule has 0 amide bonds. The van der Waals surface area contributed by atoms with Gasteiger partial charge in [-0.15, -0.1) is 0 Å². The molecule has 0 spiro atoms. The number of carbonyl (C=O) groups excluding carboxylic acids is 1. The lowest BCUT2D eigenvalue weighted by molar-refractivity contribution is -0.159. The van der Waals surface area contributed by atoms with E-state index in [1.54, 1.807) is 12.1 Å². The number of carboxylic acids is 2. The predicted octanol–water partition coefficient (Wildman–Crippen LogP) is 2.46. The minimum atomic E-state index is -1.82. The molecule has 0 radical (unpaired) electrons. The van der Waals surface area contributed by atoms with E-state index >= 15 is 0 Å². The van der Waals surface area contributed by atoms with Crippen molar-refractivity contribution in [2.45, 2.75) is 56.8 Å². The number of anilines is 1. The highest BCUT2D eigenvalue weighted by atomic mass is 35.5. The number of halogens is 1. The van der Waals surface area contributed by atoms with Gasteiger partial charge in [-0.3, -0.25) is 0 Å². The number of carboxylic acid groups (broad SMARTS) is 2. The zero-order valence-electron chi connectivity index (χ0n) is 15.8. The second-order valence-corrected chi connectivity index (χ2v) is 7.50. The summed E-state index contributed by atoms with van der Waals surface area (Å²) in [5.74, 6) is -3.83. The van der Waals surface area contributed by atoms with Crippen LogP contribution in [-0.2, 0) is 19.1 Å². The lowest BCUT2D eigenvalue weighted by Gasteiger charge is -2.36. The molecule has 3 rings (SSSR count). The first-order valence-corrected chi connectivity index (χ1v) is 9.46. The second kappa shape index (κ2) is 9.75. The summed E-state index contributed by atoms with van der Waals surface area (Å²) in [5, 5.41) is 18.6. The summed E-state index contributed by atoms with van der Waals surface area (Å²) in [5.41, 5.74) is 0.872. The highest BCUT2D eigenvalue weighted by Crippen LogP contribution is 2.35. The lowest BCUT2D eigenvalue weighted by Crippen LogP contribution is -2.44. The zero-order valence-corrected chi connectivity index (χ0v) is 16.6. The number of benzene rings is 1. The summed E-state index contributed by atoms with van der Waals surface area (Å²) < 4.78 is 5.72. The summed E-state index contributed by atoms with van der Waals surface area (Å²) >= 11 is 5.86. The van der Waals surface area contributed by atoms with Crippen molar-refractivity contribution in [3.8, 4) is 0 Å². The second-order valence-electron chi connectivity index (χ2n) is 7.06. The summed E-state index contributed by atoms with van der Waals surface area (Å²) in [6.45, 7) is 1.83. The molecule has 2 aliphatic rings. The number of carbonyl (C=O) groups is 3. The Bertz CT molecular complexity index is 685. The van der Waals surface area contributed by atoms with Gasteiger partial charge >= 0.3 is 17.9 Å². The molecular weight excluding hydrogens is 388 g/mol. The summed E-state index contributed by atoms with van der Waals surface area (Å²) in [4.78, 5) is 32.9. The van der Waals surface area contributed by atoms with Crippen molar-refractivity contribution in [3.05, 3.63) is 29.3 Å². The number of rotatable bonds is 4. The quantitative estimate of drug-likeness (QED) is 0.510. The molecular formula is C19H25ClN2O6. The van der Waals surface area contributed by atoms with Crippen LogP contribution in [0.1, 0.15) is 32.6 Å². The third-order valence-electron chi connectivity index (χ3n) is 5.10. The number of fused-ring (bicyclic) bond motifs is 2. The Hall–Kier alpha value is -2.32. The van der Waals surface area contributed by atoms with E-state index in [9.17, 15) is 4.79 Å². The Morgan fingerprint density at radius 2 is 1.61 bits per heavy atom. The third kappa shape index (κ3) is 6.10.